The number of aryl methyl sites for hydroxylation is 1. The van der Waals surface area contributed by atoms with Crippen LogP contribution in [0.2, 0.25) is 0 Å². The summed E-state index contributed by atoms with van der Waals surface area (Å²) in [6, 6.07) is 0.597. The topological polar surface area (TPSA) is 46.0 Å². The van der Waals surface area contributed by atoms with Gasteiger partial charge in [-0.25, -0.2) is 0 Å². The Labute approximate surface area is 102 Å². The second-order valence-electron chi connectivity index (χ2n) is 5.16. The number of rotatable bonds is 2. The van der Waals surface area contributed by atoms with E-state index < -0.39 is 0 Å². The first kappa shape index (κ1) is 11.2. The van der Waals surface area contributed by atoms with E-state index in [0.717, 1.165) is 45.0 Å². The van der Waals surface area contributed by atoms with Crippen molar-refractivity contribution < 1.29 is 0 Å². The monoisotopic (exact) mass is 235 g/mol. The Balaban J connectivity index is 1.73. The van der Waals surface area contributed by atoms with E-state index in [4.69, 9.17) is 0 Å². The lowest BCUT2D eigenvalue weighted by Crippen LogP contribution is -2.49. The molecule has 0 aliphatic carbocycles. The molecular weight excluding hydrogens is 214 g/mol. The van der Waals surface area contributed by atoms with Crippen LogP contribution in [0.4, 0.5) is 0 Å². The molecule has 5 heteroatoms. The summed E-state index contributed by atoms with van der Waals surface area (Å²) >= 11 is 0. The molecule has 0 aromatic carbocycles. The first-order chi connectivity index (χ1) is 8.34. The van der Waals surface area contributed by atoms with Crippen LogP contribution in [0.25, 0.3) is 0 Å². The number of piperazine rings is 1. The molecule has 17 heavy (non-hydrogen) atoms. The Morgan fingerprint density at radius 2 is 2.24 bits per heavy atom. The lowest BCUT2D eigenvalue weighted by atomic mass is 10.1. The molecule has 3 heterocycles. The van der Waals surface area contributed by atoms with Gasteiger partial charge in [0.25, 0.3) is 0 Å². The Bertz CT molecular complexity index is 386. The Kier molecular flexibility index (Phi) is 3.11. The van der Waals surface area contributed by atoms with Crippen LogP contribution in [-0.2, 0) is 19.5 Å². The Hall–Kier alpha value is -0.940. The van der Waals surface area contributed by atoms with Crippen LogP contribution in [0.15, 0.2) is 0 Å². The summed E-state index contributed by atoms with van der Waals surface area (Å²) in [4.78, 5) is 2.50. The third-order valence-electron chi connectivity index (χ3n) is 3.92. The molecule has 2 aliphatic heterocycles. The molecule has 0 saturated carbocycles. The number of nitrogens with zero attached hydrogens (tertiary/aromatic N) is 4. The normalized spacial score (nSPS) is 25.8. The van der Waals surface area contributed by atoms with Gasteiger partial charge in [-0.1, -0.05) is 0 Å². The van der Waals surface area contributed by atoms with Crippen molar-refractivity contribution in [2.45, 2.75) is 45.3 Å². The van der Waals surface area contributed by atoms with E-state index in [1.807, 2.05) is 0 Å². The highest BCUT2D eigenvalue weighted by Crippen LogP contribution is 2.16. The molecule has 1 aromatic rings. The molecule has 2 aliphatic rings. The Morgan fingerprint density at radius 1 is 1.29 bits per heavy atom. The minimum Gasteiger partial charge on any atom is -0.314 e. The maximum atomic E-state index is 4.38. The van der Waals surface area contributed by atoms with Crippen LogP contribution < -0.4 is 5.32 Å². The third-order valence-corrected chi connectivity index (χ3v) is 3.92. The summed E-state index contributed by atoms with van der Waals surface area (Å²) in [5.74, 6) is 2.35. The average Bonchev–Trinajstić information content (AvgIpc) is 2.76. The van der Waals surface area contributed by atoms with Crippen molar-refractivity contribution in [3.8, 4) is 0 Å². The molecule has 5 nitrogen and oxygen atoms in total. The molecule has 0 bridgehead atoms. The van der Waals surface area contributed by atoms with Gasteiger partial charge in [0.15, 0.2) is 0 Å². The van der Waals surface area contributed by atoms with Crippen LogP contribution in [0, 0.1) is 0 Å². The number of hydrogen-bond donors (Lipinski definition) is 1. The lowest BCUT2D eigenvalue weighted by Gasteiger charge is -2.33. The predicted octanol–water partition coefficient (Wildman–Crippen LogP) is 0.408. The van der Waals surface area contributed by atoms with E-state index in [-0.39, 0.29) is 0 Å². The van der Waals surface area contributed by atoms with Crippen LogP contribution in [0.3, 0.4) is 0 Å². The zero-order chi connectivity index (χ0) is 11.7. The van der Waals surface area contributed by atoms with Gasteiger partial charge in [0.1, 0.15) is 11.6 Å². The molecule has 1 atom stereocenters. The lowest BCUT2D eigenvalue weighted by molar-refractivity contribution is 0.159. The van der Waals surface area contributed by atoms with Gasteiger partial charge < -0.3 is 9.88 Å². The van der Waals surface area contributed by atoms with Gasteiger partial charge in [-0.2, -0.15) is 0 Å². The zero-order valence-corrected chi connectivity index (χ0v) is 10.5. The molecule has 0 unspecified atom stereocenters. The van der Waals surface area contributed by atoms with E-state index in [0.29, 0.717) is 6.04 Å². The summed E-state index contributed by atoms with van der Waals surface area (Å²) < 4.78 is 2.33. The average molecular weight is 235 g/mol. The van der Waals surface area contributed by atoms with Gasteiger partial charge in [-0.3, -0.25) is 4.90 Å². The van der Waals surface area contributed by atoms with E-state index in [9.17, 15) is 0 Å². The minimum absolute atomic E-state index is 0.597. The summed E-state index contributed by atoms with van der Waals surface area (Å²) in [5.41, 5.74) is 0. The SMILES string of the molecule is C[C@@H]1CNCCN1Cc1nnc2n1CCCC2. The molecule has 1 N–H and O–H groups in total. The predicted molar refractivity (Wildman–Crippen MR) is 65.7 cm³/mol. The van der Waals surface area contributed by atoms with Crippen LogP contribution >= 0.6 is 0 Å². The van der Waals surface area contributed by atoms with Crippen molar-refractivity contribution in [2.24, 2.45) is 0 Å². The summed E-state index contributed by atoms with van der Waals surface area (Å²) in [5, 5.41) is 12.1. The van der Waals surface area contributed by atoms with Crippen LogP contribution in [0.1, 0.15) is 31.4 Å². The minimum atomic E-state index is 0.597. The zero-order valence-electron chi connectivity index (χ0n) is 10.5. The smallest absolute Gasteiger partial charge is 0.147 e. The van der Waals surface area contributed by atoms with Crippen molar-refractivity contribution in [1.82, 2.24) is 25.0 Å². The fourth-order valence-corrected chi connectivity index (χ4v) is 2.79. The highest BCUT2D eigenvalue weighted by molar-refractivity contribution is 4.99. The highest BCUT2D eigenvalue weighted by atomic mass is 15.3. The second-order valence-corrected chi connectivity index (χ2v) is 5.16. The van der Waals surface area contributed by atoms with Crippen molar-refractivity contribution >= 4 is 0 Å². The molecule has 0 spiro atoms. The van der Waals surface area contributed by atoms with Crippen LogP contribution in [-0.4, -0.2) is 45.3 Å². The Morgan fingerprint density at radius 3 is 3.12 bits per heavy atom. The quantitative estimate of drug-likeness (QED) is 0.806. The number of nitrogens with one attached hydrogen (secondary N) is 1. The first-order valence-corrected chi connectivity index (χ1v) is 6.70. The molecule has 0 amide bonds. The molecule has 3 rings (SSSR count). The van der Waals surface area contributed by atoms with Gasteiger partial charge in [-0.05, 0) is 19.8 Å². The molecular formula is C12H21N5. The highest BCUT2D eigenvalue weighted by Gasteiger charge is 2.22. The third kappa shape index (κ3) is 2.21. The first-order valence-electron chi connectivity index (χ1n) is 6.70. The molecule has 1 fully saturated rings. The van der Waals surface area contributed by atoms with E-state index >= 15 is 0 Å². The summed E-state index contributed by atoms with van der Waals surface area (Å²) in [6.45, 7) is 7.63. The molecule has 1 aromatic heterocycles. The number of aromatic nitrogens is 3. The molecule has 94 valence electrons. The second kappa shape index (κ2) is 4.74. The number of hydrogen-bond acceptors (Lipinski definition) is 4. The van der Waals surface area contributed by atoms with Gasteiger partial charge in [0, 0.05) is 38.6 Å². The van der Waals surface area contributed by atoms with E-state index in [1.54, 1.807) is 0 Å². The number of fused-ring (bicyclic) bond motifs is 1. The van der Waals surface area contributed by atoms with Gasteiger partial charge in [-0.15, -0.1) is 10.2 Å². The molecule has 0 radical (unpaired) electrons. The van der Waals surface area contributed by atoms with Gasteiger partial charge in [0.2, 0.25) is 0 Å². The molecule has 1 saturated heterocycles. The van der Waals surface area contributed by atoms with Crippen molar-refractivity contribution in [3.63, 3.8) is 0 Å². The van der Waals surface area contributed by atoms with E-state index in [1.165, 1.54) is 18.7 Å². The van der Waals surface area contributed by atoms with Gasteiger partial charge in [0.05, 0.1) is 6.54 Å². The maximum Gasteiger partial charge on any atom is 0.147 e. The maximum absolute atomic E-state index is 4.38. The van der Waals surface area contributed by atoms with E-state index in [2.05, 4.69) is 31.9 Å². The standard InChI is InChI=1S/C12H21N5/c1-10-8-13-5-7-16(10)9-12-15-14-11-4-2-3-6-17(11)12/h10,13H,2-9H2,1H3/t10-/m1/s1. The fourth-order valence-electron chi connectivity index (χ4n) is 2.79. The fraction of sp³-hybridized carbons (Fsp3) is 0.833. The summed E-state index contributed by atoms with van der Waals surface area (Å²) in [7, 11) is 0. The van der Waals surface area contributed by atoms with Gasteiger partial charge >= 0.3 is 0 Å². The van der Waals surface area contributed by atoms with Crippen molar-refractivity contribution in [3.05, 3.63) is 11.6 Å². The van der Waals surface area contributed by atoms with Crippen molar-refractivity contribution in [1.29, 1.82) is 0 Å². The summed E-state index contributed by atoms with van der Waals surface area (Å²) in [6.07, 6.45) is 3.64. The van der Waals surface area contributed by atoms with Crippen molar-refractivity contribution in [2.75, 3.05) is 19.6 Å². The largest absolute Gasteiger partial charge is 0.314 e. The van der Waals surface area contributed by atoms with Crippen LogP contribution in [0.5, 0.6) is 0 Å².